The lowest BCUT2D eigenvalue weighted by Gasteiger charge is -2.22. The predicted octanol–water partition coefficient (Wildman–Crippen LogP) is -0.210. The summed E-state index contributed by atoms with van der Waals surface area (Å²) < 4.78 is 0. The van der Waals surface area contributed by atoms with Gasteiger partial charge < -0.3 is 14.9 Å². The van der Waals surface area contributed by atoms with Gasteiger partial charge in [0, 0.05) is 31.8 Å². The molecule has 0 aromatic carbocycles. The molecule has 1 saturated heterocycles. The Morgan fingerprint density at radius 2 is 2.13 bits per heavy atom. The highest BCUT2D eigenvalue weighted by Crippen LogP contribution is 2.12. The van der Waals surface area contributed by atoms with Crippen LogP contribution in [-0.4, -0.2) is 60.0 Å². The topological polar surface area (TPSA) is 60.9 Å². The number of rotatable bonds is 3. The van der Waals surface area contributed by atoms with Gasteiger partial charge in [0.25, 0.3) is 0 Å². The van der Waals surface area contributed by atoms with Gasteiger partial charge in [-0.3, -0.25) is 4.79 Å². The summed E-state index contributed by atoms with van der Waals surface area (Å²) in [5.41, 5.74) is 0. The number of amides is 1. The molecule has 0 spiro atoms. The molecule has 0 saturated carbocycles. The van der Waals surface area contributed by atoms with Crippen LogP contribution in [0.4, 0.5) is 0 Å². The summed E-state index contributed by atoms with van der Waals surface area (Å²) in [6.45, 7) is 1.83. The van der Waals surface area contributed by atoms with Crippen LogP contribution in [0.3, 0.4) is 0 Å². The lowest BCUT2D eigenvalue weighted by Crippen LogP contribution is -2.37. The molecule has 84 valence electrons. The molecule has 1 rings (SSSR count). The third-order valence-corrected chi connectivity index (χ3v) is 2.63. The van der Waals surface area contributed by atoms with E-state index >= 15 is 0 Å². The van der Waals surface area contributed by atoms with Gasteiger partial charge in [0.15, 0.2) is 0 Å². The number of nitrogens with zero attached hydrogens (tertiary/aromatic N) is 2. The highest BCUT2D eigenvalue weighted by Gasteiger charge is 2.25. The van der Waals surface area contributed by atoms with Crippen LogP contribution < -0.4 is 0 Å². The van der Waals surface area contributed by atoms with Crippen molar-refractivity contribution in [2.45, 2.75) is 12.5 Å². The van der Waals surface area contributed by atoms with Gasteiger partial charge in [0.05, 0.1) is 0 Å². The predicted molar refractivity (Wildman–Crippen MR) is 55.4 cm³/mol. The molecule has 5 nitrogen and oxygen atoms in total. The first kappa shape index (κ1) is 11.7. The second kappa shape index (κ2) is 4.93. The van der Waals surface area contributed by atoms with Crippen molar-refractivity contribution in [2.75, 3.05) is 27.2 Å². The molecule has 1 amide bonds. The highest BCUT2D eigenvalue weighted by atomic mass is 16.4. The van der Waals surface area contributed by atoms with Crippen LogP contribution in [0.15, 0.2) is 12.2 Å². The number of hydrogen-bond acceptors (Lipinski definition) is 3. The molecule has 5 heteroatoms. The van der Waals surface area contributed by atoms with Crippen molar-refractivity contribution in [3.63, 3.8) is 0 Å². The Labute approximate surface area is 89.0 Å². The monoisotopic (exact) mass is 212 g/mol. The molecule has 1 aliphatic rings. The number of hydrogen-bond donors (Lipinski definition) is 1. The molecule has 1 unspecified atom stereocenters. The van der Waals surface area contributed by atoms with E-state index in [-0.39, 0.29) is 11.9 Å². The second-order valence-corrected chi connectivity index (χ2v) is 3.83. The molecule has 15 heavy (non-hydrogen) atoms. The van der Waals surface area contributed by atoms with E-state index in [2.05, 4.69) is 4.90 Å². The van der Waals surface area contributed by atoms with Crippen LogP contribution in [0.1, 0.15) is 6.42 Å². The van der Waals surface area contributed by atoms with Gasteiger partial charge in [-0.1, -0.05) is 0 Å². The van der Waals surface area contributed by atoms with Crippen molar-refractivity contribution in [1.82, 2.24) is 9.80 Å². The number of carboxylic acid groups (broad SMARTS) is 1. The average Bonchev–Trinajstić information content (AvgIpc) is 2.60. The van der Waals surface area contributed by atoms with Crippen molar-refractivity contribution in [3.8, 4) is 0 Å². The fraction of sp³-hybridized carbons (Fsp3) is 0.600. The van der Waals surface area contributed by atoms with Crippen molar-refractivity contribution in [1.29, 1.82) is 0 Å². The molecule has 0 aromatic rings. The van der Waals surface area contributed by atoms with Crippen LogP contribution in [0.2, 0.25) is 0 Å². The summed E-state index contributed by atoms with van der Waals surface area (Å²) in [6, 6.07) is 0.195. The first-order valence-electron chi connectivity index (χ1n) is 4.87. The quantitative estimate of drug-likeness (QED) is 0.658. The molecule has 0 bridgehead atoms. The normalized spacial score (nSPS) is 22.1. The van der Waals surface area contributed by atoms with E-state index in [1.54, 1.807) is 11.9 Å². The standard InChI is InChI=1S/C10H16N2O3/c1-11-6-5-8(7-11)12(2)9(13)3-4-10(14)15/h3-4,8H,5-7H2,1-2H3,(H,14,15)/b4-3+. The Kier molecular flexibility index (Phi) is 3.85. The lowest BCUT2D eigenvalue weighted by atomic mass is 10.2. The number of carboxylic acids is 1. The zero-order valence-corrected chi connectivity index (χ0v) is 9.01. The van der Waals surface area contributed by atoms with E-state index in [0.29, 0.717) is 0 Å². The SMILES string of the molecule is CN1CCC(N(C)C(=O)/C=C/C(=O)O)C1. The Morgan fingerprint density at radius 3 is 2.60 bits per heavy atom. The van der Waals surface area contributed by atoms with Gasteiger partial charge in [-0.15, -0.1) is 0 Å². The van der Waals surface area contributed by atoms with Gasteiger partial charge >= 0.3 is 5.97 Å². The van der Waals surface area contributed by atoms with E-state index in [1.807, 2.05) is 7.05 Å². The summed E-state index contributed by atoms with van der Waals surface area (Å²) >= 11 is 0. The molecular formula is C10H16N2O3. The molecule has 1 fully saturated rings. The largest absolute Gasteiger partial charge is 0.478 e. The van der Waals surface area contributed by atoms with Crippen LogP contribution in [0.5, 0.6) is 0 Å². The van der Waals surface area contributed by atoms with E-state index in [9.17, 15) is 9.59 Å². The van der Waals surface area contributed by atoms with Gasteiger partial charge in [-0.25, -0.2) is 4.79 Å². The van der Waals surface area contributed by atoms with Crippen LogP contribution >= 0.6 is 0 Å². The smallest absolute Gasteiger partial charge is 0.328 e. The average molecular weight is 212 g/mol. The molecule has 1 atom stereocenters. The Hall–Kier alpha value is -1.36. The molecular weight excluding hydrogens is 196 g/mol. The van der Waals surface area contributed by atoms with Crippen LogP contribution in [-0.2, 0) is 9.59 Å². The fourth-order valence-electron chi connectivity index (χ4n) is 1.67. The number of likely N-dealkylation sites (tertiary alicyclic amines) is 1. The van der Waals surface area contributed by atoms with E-state index in [4.69, 9.17) is 5.11 Å². The first-order valence-corrected chi connectivity index (χ1v) is 4.87. The molecule has 0 aliphatic carbocycles. The Morgan fingerprint density at radius 1 is 1.47 bits per heavy atom. The van der Waals surface area contributed by atoms with Crippen molar-refractivity contribution >= 4 is 11.9 Å². The minimum Gasteiger partial charge on any atom is -0.478 e. The molecule has 1 aliphatic heterocycles. The molecule has 1 heterocycles. The highest BCUT2D eigenvalue weighted by molar-refractivity contribution is 5.93. The van der Waals surface area contributed by atoms with E-state index in [0.717, 1.165) is 31.7 Å². The van der Waals surface area contributed by atoms with Gasteiger partial charge in [-0.05, 0) is 20.0 Å². The number of carbonyl (C=O) groups excluding carboxylic acids is 1. The summed E-state index contributed by atoms with van der Waals surface area (Å²) in [5, 5.41) is 8.39. The zero-order valence-electron chi connectivity index (χ0n) is 9.01. The first-order chi connectivity index (χ1) is 7.00. The Balaban J connectivity index is 2.49. The van der Waals surface area contributed by atoms with Crippen LogP contribution in [0.25, 0.3) is 0 Å². The number of aliphatic carboxylic acids is 1. The third-order valence-electron chi connectivity index (χ3n) is 2.63. The molecule has 0 aromatic heterocycles. The third kappa shape index (κ3) is 3.36. The van der Waals surface area contributed by atoms with Gasteiger partial charge in [-0.2, -0.15) is 0 Å². The van der Waals surface area contributed by atoms with Gasteiger partial charge in [0.2, 0.25) is 5.91 Å². The summed E-state index contributed by atoms with van der Waals surface area (Å²) in [5.74, 6) is -1.35. The van der Waals surface area contributed by atoms with Crippen molar-refractivity contribution < 1.29 is 14.7 Å². The minimum absolute atomic E-state index is 0.195. The number of carbonyl (C=O) groups is 2. The van der Waals surface area contributed by atoms with E-state index in [1.165, 1.54) is 0 Å². The fourth-order valence-corrected chi connectivity index (χ4v) is 1.67. The maximum Gasteiger partial charge on any atom is 0.328 e. The van der Waals surface area contributed by atoms with Crippen molar-refractivity contribution in [3.05, 3.63) is 12.2 Å². The molecule has 0 radical (unpaired) electrons. The minimum atomic E-state index is -1.10. The van der Waals surface area contributed by atoms with Crippen LogP contribution in [0, 0.1) is 0 Å². The van der Waals surface area contributed by atoms with E-state index < -0.39 is 5.97 Å². The Bertz CT molecular complexity index is 288. The maximum atomic E-state index is 11.5. The molecule has 1 N–H and O–H groups in total. The maximum absolute atomic E-state index is 11.5. The van der Waals surface area contributed by atoms with Gasteiger partial charge in [0.1, 0.15) is 0 Å². The zero-order chi connectivity index (χ0) is 11.4. The summed E-state index contributed by atoms with van der Waals surface area (Å²) in [6.07, 6.45) is 2.91. The summed E-state index contributed by atoms with van der Waals surface area (Å²) in [4.78, 5) is 25.5. The lowest BCUT2D eigenvalue weighted by molar-refractivity contribution is -0.132. The second-order valence-electron chi connectivity index (χ2n) is 3.83. The summed E-state index contributed by atoms with van der Waals surface area (Å²) in [7, 11) is 3.71. The number of likely N-dealkylation sites (N-methyl/N-ethyl adjacent to an activating group) is 2. The van der Waals surface area contributed by atoms with Crippen molar-refractivity contribution in [2.24, 2.45) is 0 Å².